The van der Waals surface area contributed by atoms with Crippen LogP contribution in [0.25, 0.3) is 0 Å². The minimum absolute atomic E-state index is 0.0560. The molecule has 0 aliphatic carbocycles. The number of aliphatic hydroxyl groups excluding tert-OH is 1. The molecule has 0 saturated carbocycles. The lowest BCUT2D eigenvalue weighted by Gasteiger charge is -2.08. The van der Waals surface area contributed by atoms with Gasteiger partial charge in [-0.05, 0) is 40.3 Å². The predicted molar refractivity (Wildman–Crippen MR) is 63.2 cm³/mol. The highest BCUT2D eigenvalue weighted by atomic mass is 79.9. The van der Waals surface area contributed by atoms with Crippen molar-refractivity contribution in [1.29, 1.82) is 0 Å². The van der Waals surface area contributed by atoms with Gasteiger partial charge < -0.3 is 15.7 Å². The molecule has 3 N–H and O–H groups in total. The maximum absolute atomic E-state index is 8.55. The molecule has 0 aliphatic heterocycles. The molecule has 1 aromatic rings. The average molecular weight is 276 g/mol. The smallest absolute Gasteiger partial charge is 0.170 e. The van der Waals surface area contributed by atoms with Gasteiger partial charge in [-0.25, -0.2) is 4.98 Å². The van der Waals surface area contributed by atoms with Gasteiger partial charge in [0.2, 0.25) is 0 Å². The van der Waals surface area contributed by atoms with Crippen LogP contribution in [0.1, 0.15) is 0 Å². The first kappa shape index (κ1) is 11.4. The summed E-state index contributed by atoms with van der Waals surface area (Å²) in [6.45, 7) is 0.496. The molecule has 0 aliphatic rings. The summed E-state index contributed by atoms with van der Waals surface area (Å²) in [6, 6.07) is 3.67. The lowest BCUT2D eigenvalue weighted by molar-refractivity contribution is 0.301. The molecule has 1 aromatic heterocycles. The number of pyridine rings is 1. The maximum atomic E-state index is 8.55. The minimum Gasteiger partial charge on any atom is -0.395 e. The van der Waals surface area contributed by atoms with Gasteiger partial charge in [-0.2, -0.15) is 0 Å². The topological polar surface area (TPSA) is 57.2 Å². The van der Waals surface area contributed by atoms with E-state index >= 15 is 0 Å². The maximum Gasteiger partial charge on any atom is 0.170 e. The standard InChI is InChI=1S/C8H10BrN3OS/c9-7-2-1-6(5-11-7)12-8(14)10-3-4-13/h1-2,5,13H,3-4H2,(H2,10,12,14). The van der Waals surface area contributed by atoms with E-state index in [-0.39, 0.29) is 6.61 Å². The summed E-state index contributed by atoms with van der Waals surface area (Å²) in [7, 11) is 0. The van der Waals surface area contributed by atoms with E-state index in [0.717, 1.165) is 10.3 Å². The molecule has 4 nitrogen and oxygen atoms in total. The van der Waals surface area contributed by atoms with Crippen molar-refractivity contribution < 1.29 is 5.11 Å². The minimum atomic E-state index is 0.0560. The lowest BCUT2D eigenvalue weighted by atomic mass is 10.4. The molecule has 0 bridgehead atoms. The van der Waals surface area contributed by atoms with Crippen molar-refractivity contribution in [2.24, 2.45) is 0 Å². The van der Waals surface area contributed by atoms with Gasteiger partial charge in [0.1, 0.15) is 4.60 Å². The fourth-order valence-corrected chi connectivity index (χ4v) is 1.25. The van der Waals surface area contributed by atoms with E-state index < -0.39 is 0 Å². The first-order valence-electron chi connectivity index (χ1n) is 3.99. The fourth-order valence-electron chi connectivity index (χ4n) is 0.794. The molecule has 0 aromatic carbocycles. The fraction of sp³-hybridized carbons (Fsp3) is 0.250. The number of nitrogens with one attached hydrogen (secondary N) is 2. The lowest BCUT2D eigenvalue weighted by Crippen LogP contribution is -2.30. The summed E-state index contributed by atoms with van der Waals surface area (Å²) in [5.74, 6) is 0. The van der Waals surface area contributed by atoms with Crippen LogP contribution in [-0.2, 0) is 0 Å². The van der Waals surface area contributed by atoms with Crippen molar-refractivity contribution in [3.05, 3.63) is 22.9 Å². The van der Waals surface area contributed by atoms with Crippen molar-refractivity contribution in [3.63, 3.8) is 0 Å². The van der Waals surface area contributed by atoms with E-state index in [9.17, 15) is 0 Å². The Hall–Kier alpha value is -0.720. The molecular weight excluding hydrogens is 266 g/mol. The Bertz CT molecular complexity index is 304. The van der Waals surface area contributed by atoms with E-state index in [1.807, 2.05) is 12.1 Å². The van der Waals surface area contributed by atoms with E-state index in [4.69, 9.17) is 17.3 Å². The van der Waals surface area contributed by atoms with Gasteiger partial charge in [-0.1, -0.05) is 0 Å². The highest BCUT2D eigenvalue weighted by Gasteiger charge is 1.96. The Morgan fingerprint density at radius 1 is 1.57 bits per heavy atom. The molecule has 6 heteroatoms. The molecule has 0 spiro atoms. The zero-order valence-electron chi connectivity index (χ0n) is 7.33. The first-order valence-corrected chi connectivity index (χ1v) is 5.20. The van der Waals surface area contributed by atoms with E-state index in [0.29, 0.717) is 11.7 Å². The molecule has 0 atom stereocenters. The number of halogens is 1. The summed E-state index contributed by atoms with van der Waals surface area (Å²) in [4.78, 5) is 4.03. The summed E-state index contributed by atoms with van der Waals surface area (Å²) in [6.07, 6.45) is 1.66. The van der Waals surface area contributed by atoms with Gasteiger partial charge >= 0.3 is 0 Å². The van der Waals surface area contributed by atoms with Crippen LogP contribution in [0.15, 0.2) is 22.9 Å². The van der Waals surface area contributed by atoms with E-state index in [1.165, 1.54) is 0 Å². The second-order valence-electron chi connectivity index (χ2n) is 2.47. The van der Waals surface area contributed by atoms with Gasteiger partial charge in [0.25, 0.3) is 0 Å². The number of rotatable bonds is 3. The van der Waals surface area contributed by atoms with Crippen LogP contribution in [0.2, 0.25) is 0 Å². The van der Waals surface area contributed by atoms with Crippen molar-refractivity contribution in [2.45, 2.75) is 0 Å². The average Bonchev–Trinajstić information content (AvgIpc) is 2.18. The van der Waals surface area contributed by atoms with Gasteiger partial charge in [-0.15, -0.1) is 0 Å². The van der Waals surface area contributed by atoms with Crippen LogP contribution in [0.3, 0.4) is 0 Å². The monoisotopic (exact) mass is 275 g/mol. The van der Waals surface area contributed by atoms with Crippen LogP contribution in [-0.4, -0.2) is 28.4 Å². The zero-order valence-corrected chi connectivity index (χ0v) is 9.73. The number of thiocarbonyl (C=S) groups is 1. The number of hydrogen-bond acceptors (Lipinski definition) is 3. The number of aromatic nitrogens is 1. The molecule has 1 rings (SSSR count). The quantitative estimate of drug-likeness (QED) is 0.570. The highest BCUT2D eigenvalue weighted by molar-refractivity contribution is 9.10. The van der Waals surface area contributed by atoms with E-state index in [1.54, 1.807) is 6.20 Å². The first-order chi connectivity index (χ1) is 6.72. The van der Waals surface area contributed by atoms with Crippen LogP contribution >= 0.6 is 28.1 Å². The van der Waals surface area contributed by atoms with Gasteiger partial charge in [0.15, 0.2) is 5.11 Å². The number of nitrogens with zero attached hydrogens (tertiary/aromatic N) is 1. The second-order valence-corrected chi connectivity index (χ2v) is 3.69. The molecule has 0 radical (unpaired) electrons. The Morgan fingerprint density at radius 2 is 2.36 bits per heavy atom. The van der Waals surface area contributed by atoms with Crippen LogP contribution in [0.4, 0.5) is 5.69 Å². The molecule has 0 fully saturated rings. The molecule has 0 saturated heterocycles. The largest absolute Gasteiger partial charge is 0.395 e. The Kier molecular flexibility index (Phi) is 4.78. The van der Waals surface area contributed by atoms with Gasteiger partial charge in [0.05, 0.1) is 18.5 Å². The number of anilines is 1. The van der Waals surface area contributed by atoms with Crippen molar-refractivity contribution in [2.75, 3.05) is 18.5 Å². The highest BCUT2D eigenvalue weighted by Crippen LogP contribution is 2.09. The van der Waals surface area contributed by atoms with Crippen LogP contribution < -0.4 is 10.6 Å². The summed E-state index contributed by atoms with van der Waals surface area (Å²) in [5, 5.41) is 14.8. The van der Waals surface area contributed by atoms with Crippen molar-refractivity contribution in [1.82, 2.24) is 10.3 Å². The van der Waals surface area contributed by atoms with Crippen LogP contribution in [0.5, 0.6) is 0 Å². The summed E-state index contributed by atoms with van der Waals surface area (Å²) < 4.78 is 0.775. The Morgan fingerprint density at radius 3 is 2.93 bits per heavy atom. The molecule has 0 amide bonds. The second kappa shape index (κ2) is 5.90. The van der Waals surface area contributed by atoms with Gasteiger partial charge in [0, 0.05) is 6.54 Å². The zero-order chi connectivity index (χ0) is 10.4. The summed E-state index contributed by atoms with van der Waals surface area (Å²) >= 11 is 8.19. The molecule has 0 unspecified atom stereocenters. The van der Waals surface area contributed by atoms with E-state index in [2.05, 4.69) is 31.5 Å². The normalized spacial score (nSPS) is 9.57. The Balaban J connectivity index is 2.44. The third-order valence-electron chi connectivity index (χ3n) is 1.38. The third-order valence-corrected chi connectivity index (χ3v) is 2.10. The molecule has 76 valence electrons. The van der Waals surface area contributed by atoms with Gasteiger partial charge in [-0.3, -0.25) is 0 Å². The molecule has 14 heavy (non-hydrogen) atoms. The third kappa shape index (κ3) is 3.99. The SMILES string of the molecule is OCCNC(=S)Nc1ccc(Br)nc1. The van der Waals surface area contributed by atoms with Crippen molar-refractivity contribution in [3.8, 4) is 0 Å². The number of hydrogen-bond donors (Lipinski definition) is 3. The molecular formula is C8H10BrN3OS. The predicted octanol–water partition coefficient (Wildman–Crippen LogP) is 1.12. The Labute approximate surface area is 95.9 Å². The van der Waals surface area contributed by atoms with Crippen molar-refractivity contribution >= 4 is 38.9 Å². The molecule has 1 heterocycles. The van der Waals surface area contributed by atoms with Crippen LogP contribution in [0, 0.1) is 0 Å². The number of aliphatic hydroxyl groups is 1. The summed E-state index contributed by atoms with van der Waals surface area (Å²) in [5.41, 5.74) is 0.809.